The summed E-state index contributed by atoms with van der Waals surface area (Å²) in [5.74, 6) is 0.532. The van der Waals surface area contributed by atoms with Gasteiger partial charge >= 0.3 is 0 Å². The van der Waals surface area contributed by atoms with Gasteiger partial charge in [0.25, 0.3) is 5.91 Å². The zero-order valence-corrected chi connectivity index (χ0v) is 16.0. The molecule has 3 rings (SSSR count). The molecule has 0 bridgehead atoms. The summed E-state index contributed by atoms with van der Waals surface area (Å²) in [5.41, 5.74) is 1.91. The number of ether oxygens (including phenoxy) is 1. The van der Waals surface area contributed by atoms with Crippen molar-refractivity contribution >= 4 is 34.8 Å². The lowest BCUT2D eigenvalue weighted by Gasteiger charge is -2.08. The number of hydrogen-bond donors (Lipinski definition) is 2. The highest BCUT2D eigenvalue weighted by atomic mass is 35.5. The zero-order valence-electron chi connectivity index (χ0n) is 15.3. The SMILES string of the molecule is CC(=O)Nc1ccc(NC(=O)c2noc(C)c2COc2ccc(Cl)cc2)cc1. The summed E-state index contributed by atoms with van der Waals surface area (Å²) in [6.45, 7) is 3.27. The lowest BCUT2D eigenvalue weighted by molar-refractivity contribution is -0.114. The fourth-order valence-corrected chi connectivity index (χ4v) is 2.58. The summed E-state index contributed by atoms with van der Waals surface area (Å²) < 4.78 is 10.9. The summed E-state index contributed by atoms with van der Waals surface area (Å²) in [7, 11) is 0. The van der Waals surface area contributed by atoms with Crippen LogP contribution in [0, 0.1) is 6.92 Å². The van der Waals surface area contributed by atoms with E-state index in [0.29, 0.717) is 33.5 Å². The Morgan fingerprint density at radius 1 is 1.04 bits per heavy atom. The second-order valence-corrected chi connectivity index (χ2v) is 6.46. The van der Waals surface area contributed by atoms with Gasteiger partial charge in [-0.25, -0.2) is 0 Å². The first-order chi connectivity index (χ1) is 13.4. The number of rotatable bonds is 6. The average molecular weight is 400 g/mol. The fourth-order valence-electron chi connectivity index (χ4n) is 2.46. The number of benzene rings is 2. The van der Waals surface area contributed by atoms with E-state index >= 15 is 0 Å². The van der Waals surface area contributed by atoms with E-state index in [1.54, 1.807) is 55.5 Å². The molecule has 0 radical (unpaired) electrons. The van der Waals surface area contributed by atoms with Crippen LogP contribution in [0.4, 0.5) is 11.4 Å². The normalized spacial score (nSPS) is 10.4. The van der Waals surface area contributed by atoms with E-state index in [2.05, 4.69) is 15.8 Å². The first-order valence-electron chi connectivity index (χ1n) is 8.45. The third kappa shape index (κ3) is 4.89. The lowest BCUT2D eigenvalue weighted by atomic mass is 10.2. The van der Waals surface area contributed by atoms with Gasteiger partial charge < -0.3 is 19.9 Å². The summed E-state index contributed by atoms with van der Waals surface area (Å²) in [4.78, 5) is 23.7. The Morgan fingerprint density at radius 3 is 2.25 bits per heavy atom. The van der Waals surface area contributed by atoms with Crippen LogP contribution in [0.1, 0.15) is 28.7 Å². The molecule has 0 saturated heterocycles. The van der Waals surface area contributed by atoms with Gasteiger partial charge in [-0.2, -0.15) is 0 Å². The highest BCUT2D eigenvalue weighted by molar-refractivity contribution is 6.30. The standard InChI is InChI=1S/C20H18ClN3O4/c1-12-18(11-27-17-9-3-14(21)4-10-17)19(24-28-12)20(26)23-16-7-5-15(6-8-16)22-13(2)25/h3-10H,11H2,1-2H3,(H,22,25)(H,23,26). The molecule has 1 aromatic heterocycles. The van der Waals surface area contributed by atoms with Crippen LogP contribution >= 0.6 is 11.6 Å². The molecule has 0 aliphatic rings. The Balaban J connectivity index is 1.68. The van der Waals surface area contributed by atoms with Crippen LogP contribution in [-0.4, -0.2) is 17.0 Å². The van der Waals surface area contributed by atoms with E-state index in [4.69, 9.17) is 20.9 Å². The van der Waals surface area contributed by atoms with Crippen LogP contribution in [0.5, 0.6) is 5.75 Å². The average Bonchev–Trinajstić information content (AvgIpc) is 3.03. The Kier molecular flexibility index (Phi) is 5.96. The smallest absolute Gasteiger partial charge is 0.278 e. The summed E-state index contributed by atoms with van der Waals surface area (Å²) in [6, 6.07) is 13.7. The van der Waals surface area contributed by atoms with E-state index in [9.17, 15) is 9.59 Å². The van der Waals surface area contributed by atoms with Crippen LogP contribution in [0.25, 0.3) is 0 Å². The van der Waals surface area contributed by atoms with Gasteiger partial charge in [0, 0.05) is 23.3 Å². The number of carbonyl (C=O) groups is 2. The van der Waals surface area contributed by atoms with Gasteiger partial charge in [-0.15, -0.1) is 0 Å². The van der Waals surface area contributed by atoms with Crippen molar-refractivity contribution < 1.29 is 18.8 Å². The molecule has 7 nitrogen and oxygen atoms in total. The second kappa shape index (κ2) is 8.58. The quantitative estimate of drug-likeness (QED) is 0.639. The van der Waals surface area contributed by atoms with Gasteiger partial charge in [0.1, 0.15) is 18.1 Å². The van der Waals surface area contributed by atoms with Gasteiger partial charge in [-0.05, 0) is 55.5 Å². The first kappa shape index (κ1) is 19.4. The highest BCUT2D eigenvalue weighted by Crippen LogP contribution is 2.21. The number of amides is 2. The Labute approximate surface area is 166 Å². The largest absolute Gasteiger partial charge is 0.489 e. The topological polar surface area (TPSA) is 93.5 Å². The molecule has 2 amide bonds. The molecular formula is C20H18ClN3O4. The molecule has 2 aromatic carbocycles. The minimum atomic E-state index is -0.418. The first-order valence-corrected chi connectivity index (χ1v) is 8.82. The van der Waals surface area contributed by atoms with E-state index in [0.717, 1.165) is 0 Å². The molecule has 0 atom stereocenters. The van der Waals surface area contributed by atoms with Crippen molar-refractivity contribution in [2.45, 2.75) is 20.5 Å². The van der Waals surface area contributed by atoms with Gasteiger partial charge in [-0.1, -0.05) is 16.8 Å². The third-order valence-electron chi connectivity index (χ3n) is 3.86. The Morgan fingerprint density at radius 2 is 1.64 bits per heavy atom. The number of carbonyl (C=O) groups excluding carboxylic acids is 2. The molecule has 0 aliphatic heterocycles. The summed E-state index contributed by atoms with van der Waals surface area (Å²) >= 11 is 5.86. The van der Waals surface area contributed by atoms with Crippen LogP contribution in [0.2, 0.25) is 5.02 Å². The lowest BCUT2D eigenvalue weighted by Crippen LogP contribution is -2.15. The Bertz CT molecular complexity index is 982. The molecule has 0 unspecified atom stereocenters. The van der Waals surface area contributed by atoms with E-state index < -0.39 is 5.91 Å². The maximum absolute atomic E-state index is 12.6. The van der Waals surface area contributed by atoms with Crippen molar-refractivity contribution in [3.8, 4) is 5.75 Å². The van der Waals surface area contributed by atoms with Crippen LogP contribution < -0.4 is 15.4 Å². The van der Waals surface area contributed by atoms with Gasteiger partial charge in [0.05, 0.1) is 5.56 Å². The summed E-state index contributed by atoms with van der Waals surface area (Å²) in [6.07, 6.45) is 0. The number of aryl methyl sites for hydroxylation is 1. The van der Waals surface area contributed by atoms with Gasteiger partial charge in [0.2, 0.25) is 5.91 Å². The fraction of sp³-hybridized carbons (Fsp3) is 0.150. The molecule has 1 heterocycles. The van der Waals surface area contributed by atoms with Crippen molar-refractivity contribution in [1.29, 1.82) is 0 Å². The number of hydrogen-bond acceptors (Lipinski definition) is 5. The second-order valence-electron chi connectivity index (χ2n) is 6.02. The zero-order chi connectivity index (χ0) is 20.1. The molecule has 0 spiro atoms. The summed E-state index contributed by atoms with van der Waals surface area (Å²) in [5, 5.41) is 9.87. The van der Waals surface area contributed by atoms with E-state index in [1.807, 2.05) is 0 Å². The van der Waals surface area contributed by atoms with Crippen molar-refractivity contribution in [2.75, 3.05) is 10.6 Å². The number of nitrogens with zero attached hydrogens (tertiary/aromatic N) is 1. The molecule has 144 valence electrons. The molecule has 0 aliphatic carbocycles. The van der Waals surface area contributed by atoms with Gasteiger partial charge in [0.15, 0.2) is 5.69 Å². The monoisotopic (exact) mass is 399 g/mol. The molecule has 0 saturated carbocycles. The van der Waals surface area contributed by atoms with Gasteiger partial charge in [-0.3, -0.25) is 9.59 Å². The van der Waals surface area contributed by atoms with Crippen LogP contribution in [-0.2, 0) is 11.4 Å². The maximum Gasteiger partial charge on any atom is 0.278 e. The van der Waals surface area contributed by atoms with Crippen LogP contribution in [0.3, 0.4) is 0 Å². The molecule has 28 heavy (non-hydrogen) atoms. The third-order valence-corrected chi connectivity index (χ3v) is 4.11. The molecule has 3 aromatic rings. The molecule has 0 fully saturated rings. The predicted molar refractivity (Wildman–Crippen MR) is 106 cm³/mol. The number of halogens is 1. The van der Waals surface area contributed by atoms with Crippen molar-refractivity contribution in [3.63, 3.8) is 0 Å². The Hall–Kier alpha value is -3.32. The minimum absolute atomic E-state index is 0.126. The van der Waals surface area contributed by atoms with Crippen molar-refractivity contribution in [2.24, 2.45) is 0 Å². The predicted octanol–water partition coefficient (Wildman–Crippen LogP) is 4.43. The minimum Gasteiger partial charge on any atom is -0.489 e. The number of anilines is 2. The van der Waals surface area contributed by atoms with Crippen LogP contribution in [0.15, 0.2) is 53.1 Å². The number of nitrogens with one attached hydrogen (secondary N) is 2. The highest BCUT2D eigenvalue weighted by Gasteiger charge is 2.20. The molecule has 2 N–H and O–H groups in total. The van der Waals surface area contributed by atoms with Crippen molar-refractivity contribution in [3.05, 3.63) is 70.6 Å². The molecule has 8 heteroatoms. The van der Waals surface area contributed by atoms with E-state index in [-0.39, 0.29) is 18.2 Å². The number of aromatic nitrogens is 1. The van der Waals surface area contributed by atoms with Crippen molar-refractivity contribution in [1.82, 2.24) is 5.16 Å². The maximum atomic E-state index is 12.6. The van der Waals surface area contributed by atoms with E-state index in [1.165, 1.54) is 6.92 Å². The molecular weight excluding hydrogens is 382 g/mol.